The van der Waals surface area contributed by atoms with Crippen LogP contribution in [0.15, 0.2) is 49.1 Å². The van der Waals surface area contributed by atoms with Gasteiger partial charge in [0.15, 0.2) is 11.9 Å². The van der Waals surface area contributed by atoms with E-state index in [4.69, 9.17) is 16.3 Å². The molecule has 3 heterocycles. The van der Waals surface area contributed by atoms with Crippen LogP contribution in [0.5, 0.6) is 5.75 Å². The van der Waals surface area contributed by atoms with Crippen molar-refractivity contribution < 1.29 is 18.6 Å². The number of benzene rings is 1. The smallest absolute Gasteiger partial charge is 0.387 e. The molecule has 0 spiro atoms. The summed E-state index contributed by atoms with van der Waals surface area (Å²) in [5.41, 5.74) is 1.87. The van der Waals surface area contributed by atoms with Crippen LogP contribution in [-0.4, -0.2) is 61.1 Å². The summed E-state index contributed by atoms with van der Waals surface area (Å²) in [5, 5.41) is 23.1. The summed E-state index contributed by atoms with van der Waals surface area (Å²) in [6.45, 7) is -0.483. The second-order valence-corrected chi connectivity index (χ2v) is 8.42. The largest absolute Gasteiger partial charge is 0.434 e. The number of hydrogen-bond acceptors (Lipinski definition) is 7. The molecular formula is C22H24ClF2N7O2. The molecule has 0 aliphatic carbocycles. The van der Waals surface area contributed by atoms with E-state index in [0.717, 1.165) is 0 Å². The molecular weight excluding hydrogens is 468 g/mol. The van der Waals surface area contributed by atoms with Crippen molar-refractivity contribution in [3.8, 4) is 17.0 Å². The van der Waals surface area contributed by atoms with E-state index in [9.17, 15) is 13.9 Å². The van der Waals surface area contributed by atoms with Crippen LogP contribution in [0.2, 0.25) is 5.02 Å². The van der Waals surface area contributed by atoms with Crippen LogP contribution >= 0.6 is 11.6 Å². The van der Waals surface area contributed by atoms with E-state index in [1.54, 1.807) is 29.3 Å². The van der Waals surface area contributed by atoms with Gasteiger partial charge in [0.05, 0.1) is 24.0 Å². The molecule has 0 aliphatic heterocycles. The highest BCUT2D eigenvalue weighted by atomic mass is 35.5. The van der Waals surface area contributed by atoms with Crippen molar-refractivity contribution >= 4 is 22.9 Å². The molecule has 34 heavy (non-hydrogen) atoms. The van der Waals surface area contributed by atoms with Gasteiger partial charge in [-0.05, 0) is 45.3 Å². The minimum atomic E-state index is -3.03. The van der Waals surface area contributed by atoms with Gasteiger partial charge in [-0.25, -0.2) is 9.50 Å². The predicted molar refractivity (Wildman–Crippen MR) is 124 cm³/mol. The fourth-order valence-electron chi connectivity index (χ4n) is 3.40. The van der Waals surface area contributed by atoms with Crippen molar-refractivity contribution in [2.24, 2.45) is 0 Å². The van der Waals surface area contributed by atoms with Gasteiger partial charge in [-0.3, -0.25) is 4.68 Å². The Kier molecular flexibility index (Phi) is 6.96. The molecule has 0 fully saturated rings. The topological polar surface area (TPSA) is 92.7 Å². The van der Waals surface area contributed by atoms with Crippen LogP contribution in [0.4, 0.5) is 14.5 Å². The van der Waals surface area contributed by atoms with Gasteiger partial charge in [0.2, 0.25) is 0 Å². The third kappa shape index (κ3) is 5.11. The molecule has 0 saturated carbocycles. The SMILES string of the molecule is CC(Cn1cc(NC(O)c2cnn3cccnc23)c(-c2cc(Cl)ccc2OC(F)F)n1)N(C)C. The molecule has 2 atom stereocenters. The lowest BCUT2D eigenvalue weighted by atomic mass is 10.1. The minimum absolute atomic E-state index is 0.0829. The summed E-state index contributed by atoms with van der Waals surface area (Å²) >= 11 is 6.17. The van der Waals surface area contributed by atoms with Gasteiger partial charge in [0.1, 0.15) is 11.4 Å². The van der Waals surface area contributed by atoms with Gasteiger partial charge < -0.3 is 20.1 Å². The third-order valence-corrected chi connectivity index (χ3v) is 5.64. The number of rotatable bonds is 9. The van der Waals surface area contributed by atoms with E-state index >= 15 is 0 Å². The van der Waals surface area contributed by atoms with E-state index in [-0.39, 0.29) is 17.4 Å². The molecule has 3 aromatic heterocycles. The maximum absolute atomic E-state index is 13.1. The highest BCUT2D eigenvalue weighted by Crippen LogP contribution is 2.38. The molecule has 1 aromatic carbocycles. The maximum atomic E-state index is 13.1. The average molecular weight is 492 g/mol. The number of halogens is 3. The fraction of sp³-hybridized carbons (Fsp3) is 0.318. The Hall–Kier alpha value is -3.28. The molecule has 9 nitrogen and oxygen atoms in total. The summed E-state index contributed by atoms with van der Waals surface area (Å²) in [6, 6.07) is 6.17. The van der Waals surface area contributed by atoms with E-state index in [2.05, 4.69) is 20.5 Å². The van der Waals surface area contributed by atoms with Crippen molar-refractivity contribution in [3.05, 3.63) is 59.6 Å². The van der Waals surface area contributed by atoms with Gasteiger partial charge in [-0.2, -0.15) is 19.0 Å². The molecule has 4 rings (SSSR count). The van der Waals surface area contributed by atoms with Gasteiger partial charge in [-0.15, -0.1) is 0 Å². The van der Waals surface area contributed by atoms with Crippen LogP contribution in [0.3, 0.4) is 0 Å². The van der Waals surface area contributed by atoms with Crippen molar-refractivity contribution in [2.45, 2.75) is 32.3 Å². The summed E-state index contributed by atoms with van der Waals surface area (Å²) in [4.78, 5) is 6.29. The molecule has 2 N–H and O–H groups in total. The molecule has 0 amide bonds. The van der Waals surface area contributed by atoms with E-state index in [1.807, 2.05) is 25.9 Å². The van der Waals surface area contributed by atoms with Crippen LogP contribution in [0.1, 0.15) is 18.7 Å². The highest BCUT2D eigenvalue weighted by molar-refractivity contribution is 6.31. The third-order valence-electron chi connectivity index (χ3n) is 5.40. The fourth-order valence-corrected chi connectivity index (χ4v) is 3.58. The predicted octanol–water partition coefficient (Wildman–Crippen LogP) is 3.90. The minimum Gasteiger partial charge on any atom is -0.434 e. The molecule has 0 saturated heterocycles. The monoisotopic (exact) mass is 491 g/mol. The van der Waals surface area contributed by atoms with E-state index < -0.39 is 12.8 Å². The Labute approximate surface area is 199 Å². The number of nitrogens with zero attached hydrogens (tertiary/aromatic N) is 6. The molecule has 4 aromatic rings. The Morgan fingerprint density at radius 1 is 1.29 bits per heavy atom. The number of aromatic nitrogens is 5. The van der Waals surface area contributed by atoms with Gasteiger partial charge in [0.25, 0.3) is 0 Å². The maximum Gasteiger partial charge on any atom is 0.387 e. The summed E-state index contributed by atoms with van der Waals surface area (Å²) < 4.78 is 34.1. The standard InChI is InChI=1S/C22H24ClF2N7O2/c1-13(30(2)3)11-31-12-17(28-21(33)16-10-27-32-8-4-7-26-20(16)32)19(29-31)15-9-14(23)5-6-18(15)34-22(24)25/h4-10,12-13,21-22,28,33H,11H2,1-3H3. The summed E-state index contributed by atoms with van der Waals surface area (Å²) in [7, 11) is 3.89. The van der Waals surface area contributed by atoms with E-state index in [0.29, 0.717) is 34.2 Å². The number of anilines is 1. The number of hydrogen-bond donors (Lipinski definition) is 2. The van der Waals surface area contributed by atoms with Crippen molar-refractivity contribution in [1.82, 2.24) is 29.3 Å². The summed E-state index contributed by atoms with van der Waals surface area (Å²) in [5.74, 6) is -0.0829. The second-order valence-electron chi connectivity index (χ2n) is 7.98. The Bertz CT molecular complexity index is 1280. The number of aliphatic hydroxyl groups is 1. The van der Waals surface area contributed by atoms with Gasteiger partial charge in [-0.1, -0.05) is 11.6 Å². The van der Waals surface area contributed by atoms with E-state index in [1.165, 1.54) is 28.9 Å². The first kappa shape index (κ1) is 23.9. The number of ether oxygens (including phenoxy) is 1. The first-order valence-corrected chi connectivity index (χ1v) is 10.8. The van der Waals surface area contributed by atoms with Crippen LogP contribution in [0, 0.1) is 0 Å². The first-order valence-electron chi connectivity index (χ1n) is 10.4. The first-order chi connectivity index (χ1) is 16.2. The normalized spacial score (nSPS) is 13.6. The number of alkyl halides is 2. The zero-order valence-electron chi connectivity index (χ0n) is 18.7. The Morgan fingerprint density at radius 2 is 2.09 bits per heavy atom. The molecule has 12 heteroatoms. The zero-order chi connectivity index (χ0) is 24.4. The van der Waals surface area contributed by atoms with Gasteiger partial charge >= 0.3 is 6.61 Å². The quantitative estimate of drug-likeness (QED) is 0.343. The number of aliphatic hydroxyl groups excluding tert-OH is 1. The molecule has 180 valence electrons. The van der Waals surface area contributed by atoms with Crippen molar-refractivity contribution in [1.29, 1.82) is 0 Å². The molecule has 0 aliphatic rings. The average Bonchev–Trinajstić information content (AvgIpc) is 3.38. The number of likely N-dealkylation sites (N-methyl/N-ethyl adjacent to an activating group) is 1. The highest BCUT2D eigenvalue weighted by Gasteiger charge is 2.22. The lowest BCUT2D eigenvalue weighted by Crippen LogP contribution is -2.29. The number of nitrogens with one attached hydrogen (secondary N) is 1. The van der Waals surface area contributed by atoms with Crippen molar-refractivity contribution in [2.75, 3.05) is 19.4 Å². The molecule has 0 radical (unpaired) electrons. The second kappa shape index (κ2) is 9.92. The summed E-state index contributed by atoms with van der Waals surface area (Å²) in [6.07, 6.45) is 5.31. The van der Waals surface area contributed by atoms with Crippen molar-refractivity contribution in [3.63, 3.8) is 0 Å². The van der Waals surface area contributed by atoms with Gasteiger partial charge in [0, 0.05) is 35.2 Å². The Morgan fingerprint density at radius 3 is 2.82 bits per heavy atom. The van der Waals surface area contributed by atoms with Crippen LogP contribution < -0.4 is 10.1 Å². The number of fused-ring (bicyclic) bond motifs is 1. The molecule has 0 bridgehead atoms. The lowest BCUT2D eigenvalue weighted by Gasteiger charge is -2.19. The van der Waals surface area contributed by atoms with Crippen LogP contribution in [-0.2, 0) is 6.54 Å². The molecule has 2 unspecified atom stereocenters. The lowest BCUT2D eigenvalue weighted by molar-refractivity contribution is -0.0494. The zero-order valence-corrected chi connectivity index (χ0v) is 19.5. The van der Waals surface area contributed by atoms with Crippen LogP contribution in [0.25, 0.3) is 16.9 Å². The Balaban J connectivity index is 1.75.